The van der Waals surface area contributed by atoms with Crippen LogP contribution in [0.25, 0.3) is 11.1 Å². The van der Waals surface area contributed by atoms with Crippen molar-refractivity contribution >= 4 is 11.6 Å². The predicted molar refractivity (Wildman–Crippen MR) is 56.8 cm³/mol. The Morgan fingerprint density at radius 1 is 0.857 bits per heavy atom. The van der Waals surface area contributed by atoms with E-state index in [1.165, 1.54) is 12.1 Å². The lowest BCUT2D eigenvalue weighted by Crippen LogP contribution is -1.80. The first kappa shape index (κ1) is 9.22. The van der Waals surface area contributed by atoms with E-state index in [1.54, 1.807) is 6.07 Å². The highest BCUT2D eigenvalue weighted by Gasteiger charge is 2.00. The lowest BCUT2D eigenvalue weighted by molar-refractivity contribution is 0.628. The fourth-order valence-corrected chi connectivity index (χ4v) is 1.57. The van der Waals surface area contributed by atoms with E-state index in [4.69, 9.17) is 11.6 Å². The molecule has 0 aliphatic carbocycles. The summed E-state index contributed by atoms with van der Waals surface area (Å²) in [7, 11) is 0. The van der Waals surface area contributed by atoms with Gasteiger partial charge in [0.2, 0.25) is 0 Å². The number of halogens is 2. The SMILES string of the molecule is Fc1cc(Cl)cc(-c2ccccc2)c1. The highest BCUT2D eigenvalue weighted by Crippen LogP contribution is 2.23. The maximum Gasteiger partial charge on any atom is 0.125 e. The van der Waals surface area contributed by atoms with Gasteiger partial charge in [-0.25, -0.2) is 4.39 Å². The van der Waals surface area contributed by atoms with E-state index in [0.29, 0.717) is 5.02 Å². The Balaban J connectivity index is 2.52. The third kappa shape index (κ3) is 1.94. The molecule has 0 spiro atoms. The highest BCUT2D eigenvalue weighted by atomic mass is 35.5. The zero-order valence-corrected chi connectivity index (χ0v) is 8.13. The standard InChI is InChI=1S/C12H8ClF/c13-11-6-10(7-12(14)8-11)9-4-2-1-3-5-9/h1-8H. The summed E-state index contributed by atoms with van der Waals surface area (Å²) in [5, 5.41) is 0.420. The van der Waals surface area contributed by atoms with Gasteiger partial charge in [0.15, 0.2) is 0 Å². The molecular formula is C12H8ClF. The van der Waals surface area contributed by atoms with Crippen LogP contribution in [0.4, 0.5) is 4.39 Å². The topological polar surface area (TPSA) is 0 Å². The number of rotatable bonds is 1. The summed E-state index contributed by atoms with van der Waals surface area (Å²) in [5.41, 5.74) is 1.77. The molecule has 0 saturated carbocycles. The van der Waals surface area contributed by atoms with E-state index in [9.17, 15) is 4.39 Å². The van der Waals surface area contributed by atoms with Crippen LogP contribution in [-0.4, -0.2) is 0 Å². The molecule has 2 aromatic rings. The van der Waals surface area contributed by atoms with Gasteiger partial charge in [0.05, 0.1) is 0 Å². The zero-order valence-electron chi connectivity index (χ0n) is 7.37. The lowest BCUT2D eigenvalue weighted by Gasteiger charge is -2.01. The van der Waals surface area contributed by atoms with Crippen molar-refractivity contribution in [2.75, 3.05) is 0 Å². The lowest BCUT2D eigenvalue weighted by atomic mass is 10.1. The number of hydrogen-bond acceptors (Lipinski definition) is 0. The van der Waals surface area contributed by atoms with Crippen molar-refractivity contribution in [2.45, 2.75) is 0 Å². The first-order valence-corrected chi connectivity index (χ1v) is 4.65. The van der Waals surface area contributed by atoms with Crippen LogP contribution >= 0.6 is 11.6 Å². The van der Waals surface area contributed by atoms with Gasteiger partial charge in [0.1, 0.15) is 5.82 Å². The summed E-state index contributed by atoms with van der Waals surface area (Å²) >= 11 is 5.76. The molecule has 0 amide bonds. The third-order valence-corrected chi connectivity index (χ3v) is 2.19. The van der Waals surface area contributed by atoms with E-state index in [1.807, 2.05) is 30.3 Å². The third-order valence-electron chi connectivity index (χ3n) is 1.97. The highest BCUT2D eigenvalue weighted by molar-refractivity contribution is 6.30. The molecule has 0 bridgehead atoms. The van der Waals surface area contributed by atoms with Crippen molar-refractivity contribution in [1.29, 1.82) is 0 Å². The van der Waals surface area contributed by atoms with E-state index in [2.05, 4.69) is 0 Å². The van der Waals surface area contributed by atoms with Crippen molar-refractivity contribution in [1.82, 2.24) is 0 Å². The van der Waals surface area contributed by atoms with E-state index < -0.39 is 0 Å². The number of benzene rings is 2. The van der Waals surface area contributed by atoms with Gasteiger partial charge in [-0.15, -0.1) is 0 Å². The monoisotopic (exact) mass is 206 g/mol. The van der Waals surface area contributed by atoms with Crippen molar-refractivity contribution in [3.05, 3.63) is 59.4 Å². The molecule has 0 fully saturated rings. The van der Waals surface area contributed by atoms with Gasteiger partial charge in [0.25, 0.3) is 0 Å². The van der Waals surface area contributed by atoms with Gasteiger partial charge >= 0.3 is 0 Å². The van der Waals surface area contributed by atoms with Crippen LogP contribution in [0.15, 0.2) is 48.5 Å². The Hall–Kier alpha value is -1.34. The van der Waals surface area contributed by atoms with Crippen LogP contribution in [0, 0.1) is 5.82 Å². The second kappa shape index (κ2) is 3.81. The molecule has 2 heteroatoms. The average molecular weight is 207 g/mol. The minimum Gasteiger partial charge on any atom is -0.207 e. The van der Waals surface area contributed by atoms with Gasteiger partial charge in [-0.05, 0) is 29.3 Å². The van der Waals surface area contributed by atoms with Crippen molar-refractivity contribution < 1.29 is 4.39 Å². The van der Waals surface area contributed by atoms with Gasteiger partial charge in [-0.2, -0.15) is 0 Å². The van der Waals surface area contributed by atoms with Crippen LogP contribution in [0.2, 0.25) is 5.02 Å². The molecule has 0 unspecified atom stereocenters. The molecule has 14 heavy (non-hydrogen) atoms. The minimum absolute atomic E-state index is 0.309. The second-order valence-electron chi connectivity index (χ2n) is 3.02. The molecule has 0 nitrogen and oxygen atoms in total. The smallest absolute Gasteiger partial charge is 0.125 e. The Morgan fingerprint density at radius 3 is 2.21 bits per heavy atom. The normalized spacial score (nSPS) is 10.1. The molecule has 2 rings (SSSR count). The molecule has 70 valence electrons. The Labute approximate surface area is 87.0 Å². The van der Waals surface area contributed by atoms with Gasteiger partial charge in [0, 0.05) is 5.02 Å². The van der Waals surface area contributed by atoms with E-state index in [-0.39, 0.29) is 5.82 Å². The Kier molecular flexibility index (Phi) is 2.51. The summed E-state index contributed by atoms with van der Waals surface area (Å²) in [6.07, 6.45) is 0. The fraction of sp³-hybridized carbons (Fsp3) is 0. The first-order chi connectivity index (χ1) is 6.75. The quantitative estimate of drug-likeness (QED) is 0.658. The van der Waals surface area contributed by atoms with Gasteiger partial charge in [-0.1, -0.05) is 41.9 Å². The summed E-state index contributed by atoms with van der Waals surface area (Å²) in [4.78, 5) is 0. The minimum atomic E-state index is -0.309. The summed E-state index contributed by atoms with van der Waals surface area (Å²) in [6, 6.07) is 14.1. The van der Waals surface area contributed by atoms with E-state index in [0.717, 1.165) is 11.1 Å². The molecular weight excluding hydrogens is 199 g/mol. The van der Waals surface area contributed by atoms with Gasteiger partial charge < -0.3 is 0 Å². The van der Waals surface area contributed by atoms with Crippen molar-refractivity contribution in [3.8, 4) is 11.1 Å². The Bertz CT molecular complexity index is 417. The molecule has 0 radical (unpaired) electrons. The van der Waals surface area contributed by atoms with E-state index >= 15 is 0 Å². The molecule has 0 aromatic heterocycles. The van der Waals surface area contributed by atoms with Crippen LogP contribution < -0.4 is 0 Å². The number of hydrogen-bond donors (Lipinski definition) is 0. The van der Waals surface area contributed by atoms with Crippen LogP contribution in [-0.2, 0) is 0 Å². The molecule has 0 aliphatic rings. The largest absolute Gasteiger partial charge is 0.207 e. The zero-order chi connectivity index (χ0) is 9.97. The summed E-state index contributed by atoms with van der Waals surface area (Å²) in [5.74, 6) is -0.309. The maximum atomic E-state index is 13.0. The molecule has 0 saturated heterocycles. The predicted octanol–water partition coefficient (Wildman–Crippen LogP) is 4.15. The van der Waals surface area contributed by atoms with Gasteiger partial charge in [-0.3, -0.25) is 0 Å². The Morgan fingerprint density at radius 2 is 1.57 bits per heavy atom. The van der Waals surface area contributed by atoms with Crippen LogP contribution in [0.3, 0.4) is 0 Å². The molecule has 0 aliphatic heterocycles. The first-order valence-electron chi connectivity index (χ1n) is 4.27. The molecule has 0 atom stereocenters. The molecule has 2 aromatic carbocycles. The van der Waals surface area contributed by atoms with Crippen molar-refractivity contribution in [2.24, 2.45) is 0 Å². The fourth-order valence-electron chi connectivity index (χ4n) is 1.35. The average Bonchev–Trinajstić information content (AvgIpc) is 2.18. The van der Waals surface area contributed by atoms with Crippen LogP contribution in [0.1, 0.15) is 0 Å². The summed E-state index contributed by atoms with van der Waals surface area (Å²) < 4.78 is 13.0. The van der Waals surface area contributed by atoms with Crippen molar-refractivity contribution in [3.63, 3.8) is 0 Å². The maximum absolute atomic E-state index is 13.0. The summed E-state index contributed by atoms with van der Waals surface area (Å²) in [6.45, 7) is 0. The molecule has 0 N–H and O–H groups in total. The second-order valence-corrected chi connectivity index (χ2v) is 3.46. The van der Waals surface area contributed by atoms with Crippen LogP contribution in [0.5, 0.6) is 0 Å². The molecule has 0 heterocycles.